The molecule has 5 nitrogen and oxygen atoms in total. The largest absolute Gasteiger partial charge is 0.411 e. The van der Waals surface area contributed by atoms with Crippen molar-refractivity contribution in [3.8, 4) is 0 Å². The predicted octanol–water partition coefficient (Wildman–Crippen LogP) is -0.0878. The van der Waals surface area contributed by atoms with Crippen LogP contribution in [-0.2, 0) is 14.3 Å². The highest BCUT2D eigenvalue weighted by atomic mass is 19.4. The van der Waals surface area contributed by atoms with E-state index in [4.69, 9.17) is 0 Å². The number of ether oxygens (including phenoxy) is 1. The highest BCUT2D eigenvalue weighted by Crippen LogP contribution is 2.14. The van der Waals surface area contributed by atoms with Gasteiger partial charge in [-0.2, -0.15) is 13.2 Å². The molecule has 0 radical (unpaired) electrons. The van der Waals surface area contributed by atoms with Gasteiger partial charge in [-0.15, -0.1) is 0 Å². The number of nitrogens with one attached hydrogen (secondary N) is 1. The highest BCUT2D eigenvalue weighted by molar-refractivity contribution is 6.05. The van der Waals surface area contributed by atoms with Crippen LogP contribution in [0.2, 0.25) is 0 Å². The Bertz CT molecular complexity index is 306. The minimum absolute atomic E-state index is 0.0363. The van der Waals surface area contributed by atoms with Crippen LogP contribution < -0.4 is 5.32 Å². The summed E-state index contributed by atoms with van der Waals surface area (Å²) in [5, 5.41) is 2.67. The first-order valence-corrected chi connectivity index (χ1v) is 4.99. The van der Waals surface area contributed by atoms with Crippen molar-refractivity contribution in [2.24, 2.45) is 0 Å². The first-order chi connectivity index (χ1) is 7.81. The average Bonchev–Trinajstić information content (AvgIpc) is 2.44. The fraction of sp³-hybridized carbons (Fsp3) is 0.778. The third-order valence-electron chi connectivity index (χ3n) is 2.28. The van der Waals surface area contributed by atoms with Crippen LogP contribution in [0.5, 0.6) is 0 Å². The van der Waals surface area contributed by atoms with Gasteiger partial charge in [0.15, 0.2) is 0 Å². The Balaban J connectivity index is 2.16. The van der Waals surface area contributed by atoms with E-state index in [9.17, 15) is 22.8 Å². The van der Waals surface area contributed by atoms with E-state index in [2.05, 4.69) is 10.1 Å². The molecule has 1 N–H and O–H groups in total. The fourth-order valence-corrected chi connectivity index (χ4v) is 1.41. The Morgan fingerprint density at radius 2 is 2.12 bits per heavy atom. The zero-order valence-corrected chi connectivity index (χ0v) is 9.21. The van der Waals surface area contributed by atoms with Crippen molar-refractivity contribution in [3.05, 3.63) is 0 Å². The van der Waals surface area contributed by atoms with Crippen molar-refractivity contribution in [1.29, 1.82) is 0 Å². The zero-order chi connectivity index (χ0) is 13.1. The van der Waals surface area contributed by atoms with Crippen LogP contribution in [0.1, 0.15) is 6.42 Å². The van der Waals surface area contributed by atoms with E-state index in [0.717, 1.165) is 4.90 Å². The van der Waals surface area contributed by atoms with Crippen molar-refractivity contribution < 1.29 is 27.5 Å². The number of carbonyl (C=O) groups is 2. The molecule has 0 aromatic heterocycles. The van der Waals surface area contributed by atoms with Gasteiger partial charge < -0.3 is 10.1 Å². The van der Waals surface area contributed by atoms with E-state index in [1.807, 2.05) is 0 Å². The summed E-state index contributed by atoms with van der Waals surface area (Å²) < 4.78 is 39.4. The van der Waals surface area contributed by atoms with Crippen molar-refractivity contribution >= 4 is 11.8 Å². The number of imide groups is 1. The van der Waals surface area contributed by atoms with E-state index in [0.29, 0.717) is 0 Å². The number of carbonyl (C=O) groups excluding carboxylic acids is 2. The second kappa shape index (κ2) is 5.46. The standard InChI is InChI=1S/C9H13F3N2O3/c1-14-7(15)4-6(8(14)16)13-2-3-17-5-9(10,11)12/h6,13H,2-5H2,1H3. The summed E-state index contributed by atoms with van der Waals surface area (Å²) in [5.74, 6) is -0.672. The van der Waals surface area contributed by atoms with E-state index < -0.39 is 18.8 Å². The van der Waals surface area contributed by atoms with Crippen molar-refractivity contribution in [3.63, 3.8) is 0 Å². The number of amides is 2. The molecule has 1 saturated heterocycles. The van der Waals surface area contributed by atoms with Gasteiger partial charge in [0.05, 0.1) is 19.1 Å². The summed E-state index contributed by atoms with van der Waals surface area (Å²) in [6.07, 6.45) is -4.31. The van der Waals surface area contributed by atoms with Gasteiger partial charge in [0.2, 0.25) is 11.8 Å². The molecule has 98 valence electrons. The Hall–Kier alpha value is -1.15. The molecule has 1 heterocycles. The Kier molecular flexibility index (Phi) is 4.47. The van der Waals surface area contributed by atoms with Gasteiger partial charge in [0.1, 0.15) is 6.61 Å². The number of hydrogen-bond acceptors (Lipinski definition) is 4. The molecule has 0 aromatic rings. The molecule has 17 heavy (non-hydrogen) atoms. The SMILES string of the molecule is CN1C(=O)CC(NCCOCC(F)(F)F)C1=O. The third kappa shape index (κ3) is 4.31. The van der Waals surface area contributed by atoms with Crippen LogP contribution >= 0.6 is 0 Å². The molecule has 1 aliphatic heterocycles. The summed E-state index contributed by atoms with van der Waals surface area (Å²) in [6.45, 7) is -1.39. The van der Waals surface area contributed by atoms with Gasteiger partial charge in [-0.3, -0.25) is 14.5 Å². The second-order valence-corrected chi connectivity index (χ2v) is 3.67. The van der Waals surface area contributed by atoms with Crippen molar-refractivity contribution in [2.75, 3.05) is 26.8 Å². The molecule has 1 rings (SSSR count). The molecule has 2 amide bonds. The first kappa shape index (κ1) is 13.9. The van der Waals surface area contributed by atoms with Crippen LogP contribution in [0.3, 0.4) is 0 Å². The zero-order valence-electron chi connectivity index (χ0n) is 9.21. The maximum Gasteiger partial charge on any atom is 0.411 e. The lowest BCUT2D eigenvalue weighted by Gasteiger charge is -2.11. The van der Waals surface area contributed by atoms with E-state index in [1.165, 1.54) is 7.05 Å². The molecule has 1 fully saturated rings. The Morgan fingerprint density at radius 1 is 1.47 bits per heavy atom. The maximum absolute atomic E-state index is 11.7. The summed E-state index contributed by atoms with van der Waals surface area (Å²) in [7, 11) is 1.37. The minimum Gasteiger partial charge on any atom is -0.371 e. The number of nitrogens with zero attached hydrogens (tertiary/aromatic N) is 1. The average molecular weight is 254 g/mol. The monoisotopic (exact) mass is 254 g/mol. The lowest BCUT2D eigenvalue weighted by molar-refractivity contribution is -0.173. The molecule has 0 aliphatic carbocycles. The summed E-state index contributed by atoms with van der Waals surface area (Å²) >= 11 is 0. The summed E-state index contributed by atoms with van der Waals surface area (Å²) in [5.41, 5.74) is 0. The van der Waals surface area contributed by atoms with Crippen LogP contribution in [0, 0.1) is 0 Å². The molecule has 1 unspecified atom stereocenters. The topological polar surface area (TPSA) is 58.6 Å². The number of alkyl halides is 3. The summed E-state index contributed by atoms with van der Waals surface area (Å²) in [4.78, 5) is 23.5. The van der Waals surface area contributed by atoms with Gasteiger partial charge in [-0.05, 0) is 0 Å². The van der Waals surface area contributed by atoms with Crippen LogP contribution in [0.15, 0.2) is 0 Å². The molecule has 1 atom stereocenters. The van der Waals surface area contributed by atoms with Gasteiger partial charge in [-0.1, -0.05) is 0 Å². The number of rotatable bonds is 5. The Labute approximate surface area is 95.9 Å². The van der Waals surface area contributed by atoms with Crippen LogP contribution in [0.4, 0.5) is 13.2 Å². The van der Waals surface area contributed by atoms with Crippen molar-refractivity contribution in [2.45, 2.75) is 18.6 Å². The van der Waals surface area contributed by atoms with Gasteiger partial charge in [0, 0.05) is 13.6 Å². The predicted molar refractivity (Wildman–Crippen MR) is 51.1 cm³/mol. The molecule has 1 aliphatic rings. The lowest BCUT2D eigenvalue weighted by atomic mass is 10.2. The highest BCUT2D eigenvalue weighted by Gasteiger charge is 2.35. The fourth-order valence-electron chi connectivity index (χ4n) is 1.41. The van der Waals surface area contributed by atoms with E-state index in [-0.39, 0.29) is 31.4 Å². The van der Waals surface area contributed by atoms with E-state index in [1.54, 1.807) is 0 Å². The molecule has 0 spiro atoms. The smallest absolute Gasteiger partial charge is 0.371 e. The molecule has 8 heteroatoms. The number of halogens is 3. The van der Waals surface area contributed by atoms with Gasteiger partial charge >= 0.3 is 6.18 Å². The molecule has 0 bridgehead atoms. The Morgan fingerprint density at radius 3 is 2.59 bits per heavy atom. The normalized spacial score (nSPS) is 21.4. The molecule has 0 saturated carbocycles. The maximum atomic E-state index is 11.7. The number of likely N-dealkylation sites (N-methyl/N-ethyl adjacent to an activating group) is 1. The lowest BCUT2D eigenvalue weighted by Crippen LogP contribution is -2.39. The number of likely N-dealkylation sites (tertiary alicyclic amines) is 1. The van der Waals surface area contributed by atoms with Crippen molar-refractivity contribution in [1.82, 2.24) is 10.2 Å². The molecule has 0 aromatic carbocycles. The quantitative estimate of drug-likeness (QED) is 0.550. The van der Waals surface area contributed by atoms with Crippen LogP contribution in [0.25, 0.3) is 0 Å². The second-order valence-electron chi connectivity index (χ2n) is 3.67. The van der Waals surface area contributed by atoms with Gasteiger partial charge in [-0.25, -0.2) is 0 Å². The van der Waals surface area contributed by atoms with E-state index >= 15 is 0 Å². The minimum atomic E-state index is -4.35. The first-order valence-electron chi connectivity index (χ1n) is 4.99. The van der Waals surface area contributed by atoms with Gasteiger partial charge in [0.25, 0.3) is 0 Å². The molecular formula is C9H13F3N2O3. The third-order valence-corrected chi connectivity index (χ3v) is 2.28. The van der Waals surface area contributed by atoms with Crippen LogP contribution in [-0.4, -0.2) is 55.7 Å². The number of hydrogen-bond donors (Lipinski definition) is 1. The summed E-state index contributed by atoms with van der Waals surface area (Å²) in [6, 6.07) is -0.651. The molecular weight excluding hydrogens is 241 g/mol.